The zero-order chi connectivity index (χ0) is 9.52. The summed E-state index contributed by atoms with van der Waals surface area (Å²) in [5, 5.41) is 0. The van der Waals surface area contributed by atoms with Crippen LogP contribution in [0, 0.1) is 0 Å². The third-order valence-corrected chi connectivity index (χ3v) is 2.67. The summed E-state index contributed by atoms with van der Waals surface area (Å²) in [7, 11) is 1.72. The minimum atomic E-state index is 0.246. The number of hydrogen-bond donors (Lipinski definition) is 1. The maximum Gasteiger partial charge on any atom is 0.0794 e. The van der Waals surface area contributed by atoms with E-state index in [1.807, 2.05) is 11.7 Å². The third kappa shape index (κ3) is 4.36. The van der Waals surface area contributed by atoms with E-state index in [0.717, 1.165) is 25.9 Å². The topological polar surface area (TPSA) is 48.1 Å². The van der Waals surface area contributed by atoms with Crippen molar-refractivity contribution in [3.05, 3.63) is 16.6 Å². The fraction of sp³-hybridized carbons (Fsp3) is 0.667. The Labute approximate surface area is 82.9 Å². The molecule has 0 saturated heterocycles. The summed E-state index contributed by atoms with van der Waals surface area (Å²) in [6.07, 6.45) is 4.89. The number of nitrogens with zero attached hydrogens (tertiary/aromatic N) is 1. The van der Waals surface area contributed by atoms with Crippen LogP contribution in [0.3, 0.4) is 0 Å². The van der Waals surface area contributed by atoms with Crippen molar-refractivity contribution in [2.24, 2.45) is 5.73 Å². The predicted molar refractivity (Wildman–Crippen MR) is 54.9 cm³/mol. The quantitative estimate of drug-likeness (QED) is 0.707. The maximum absolute atomic E-state index is 5.93. The average molecular weight is 200 g/mol. The van der Waals surface area contributed by atoms with Gasteiger partial charge in [-0.3, -0.25) is 4.98 Å². The van der Waals surface area contributed by atoms with Crippen molar-refractivity contribution < 1.29 is 4.74 Å². The lowest BCUT2D eigenvalue weighted by Crippen LogP contribution is -2.22. The second kappa shape index (κ2) is 6.07. The fourth-order valence-electron chi connectivity index (χ4n) is 1.19. The van der Waals surface area contributed by atoms with E-state index in [9.17, 15) is 0 Å². The molecule has 1 heterocycles. The van der Waals surface area contributed by atoms with Gasteiger partial charge in [0.15, 0.2) is 0 Å². The molecule has 0 spiro atoms. The number of hydrogen-bond acceptors (Lipinski definition) is 4. The number of thiazole rings is 1. The van der Waals surface area contributed by atoms with E-state index >= 15 is 0 Å². The summed E-state index contributed by atoms with van der Waals surface area (Å²) >= 11 is 1.67. The Morgan fingerprint density at radius 3 is 3.15 bits per heavy atom. The van der Waals surface area contributed by atoms with E-state index in [1.54, 1.807) is 18.4 Å². The average Bonchev–Trinajstić information content (AvgIpc) is 2.57. The lowest BCUT2D eigenvalue weighted by molar-refractivity contribution is 0.190. The smallest absolute Gasteiger partial charge is 0.0794 e. The molecule has 0 aliphatic heterocycles. The molecule has 1 aromatic rings. The van der Waals surface area contributed by atoms with Crippen LogP contribution in [-0.2, 0) is 11.2 Å². The van der Waals surface area contributed by atoms with Crippen molar-refractivity contribution in [2.45, 2.75) is 25.3 Å². The predicted octanol–water partition coefficient (Wildman–Crippen LogP) is 1.44. The van der Waals surface area contributed by atoms with Crippen LogP contribution in [0.15, 0.2) is 11.7 Å². The molecular formula is C9H16N2OS. The lowest BCUT2D eigenvalue weighted by atomic mass is 10.1. The van der Waals surface area contributed by atoms with E-state index < -0.39 is 0 Å². The maximum atomic E-state index is 5.93. The second-order valence-corrected chi connectivity index (χ2v) is 4.04. The summed E-state index contributed by atoms with van der Waals surface area (Å²) in [5.74, 6) is 0. The number of ether oxygens (including phenoxy) is 1. The zero-order valence-corrected chi connectivity index (χ0v) is 8.72. The minimum absolute atomic E-state index is 0.246. The van der Waals surface area contributed by atoms with Crippen LogP contribution in [0.25, 0.3) is 0 Å². The first-order valence-corrected chi connectivity index (χ1v) is 5.32. The van der Waals surface area contributed by atoms with Crippen molar-refractivity contribution in [3.8, 4) is 0 Å². The summed E-state index contributed by atoms with van der Waals surface area (Å²) in [6, 6.07) is 0.246. The molecule has 0 radical (unpaired) electrons. The molecule has 0 aliphatic carbocycles. The number of methoxy groups -OCH3 is 1. The van der Waals surface area contributed by atoms with Gasteiger partial charge in [-0.1, -0.05) is 0 Å². The zero-order valence-electron chi connectivity index (χ0n) is 7.90. The number of nitrogens with two attached hydrogens (primary N) is 1. The molecule has 1 unspecified atom stereocenters. The van der Waals surface area contributed by atoms with Gasteiger partial charge in [0.1, 0.15) is 0 Å². The molecule has 0 aromatic carbocycles. The van der Waals surface area contributed by atoms with E-state index in [1.165, 1.54) is 4.88 Å². The van der Waals surface area contributed by atoms with Crippen molar-refractivity contribution in [1.29, 1.82) is 0 Å². The number of rotatable bonds is 6. The van der Waals surface area contributed by atoms with E-state index in [0.29, 0.717) is 0 Å². The number of aromatic nitrogens is 1. The Bertz CT molecular complexity index is 213. The largest absolute Gasteiger partial charge is 0.385 e. The molecule has 3 nitrogen and oxygen atoms in total. The molecule has 0 bridgehead atoms. The van der Waals surface area contributed by atoms with Gasteiger partial charge in [0.25, 0.3) is 0 Å². The minimum Gasteiger partial charge on any atom is -0.385 e. The van der Waals surface area contributed by atoms with Crippen LogP contribution in [0.4, 0.5) is 0 Å². The van der Waals surface area contributed by atoms with Gasteiger partial charge in [0.2, 0.25) is 0 Å². The molecule has 13 heavy (non-hydrogen) atoms. The van der Waals surface area contributed by atoms with E-state index in [-0.39, 0.29) is 6.04 Å². The lowest BCUT2D eigenvalue weighted by Gasteiger charge is -2.08. The Kier molecular flexibility index (Phi) is 4.97. The second-order valence-electron chi connectivity index (χ2n) is 3.07. The molecular weight excluding hydrogens is 184 g/mol. The Morgan fingerprint density at radius 1 is 1.69 bits per heavy atom. The first-order chi connectivity index (χ1) is 6.33. The first-order valence-electron chi connectivity index (χ1n) is 4.45. The van der Waals surface area contributed by atoms with Gasteiger partial charge in [-0.25, -0.2) is 0 Å². The molecule has 0 aliphatic rings. The van der Waals surface area contributed by atoms with Crippen LogP contribution < -0.4 is 5.73 Å². The molecule has 2 N–H and O–H groups in total. The van der Waals surface area contributed by atoms with Gasteiger partial charge in [-0.15, -0.1) is 11.3 Å². The SMILES string of the molecule is COCCCC(N)Cc1cncs1. The molecule has 4 heteroatoms. The monoisotopic (exact) mass is 200 g/mol. The van der Waals surface area contributed by atoms with E-state index in [2.05, 4.69) is 4.98 Å². The summed E-state index contributed by atoms with van der Waals surface area (Å²) in [4.78, 5) is 5.28. The van der Waals surface area contributed by atoms with Gasteiger partial charge < -0.3 is 10.5 Å². The van der Waals surface area contributed by atoms with Gasteiger partial charge >= 0.3 is 0 Å². The molecule has 0 fully saturated rings. The summed E-state index contributed by atoms with van der Waals surface area (Å²) in [6.45, 7) is 0.802. The summed E-state index contributed by atoms with van der Waals surface area (Å²) in [5.41, 5.74) is 7.77. The van der Waals surface area contributed by atoms with E-state index in [4.69, 9.17) is 10.5 Å². The molecule has 1 rings (SSSR count). The van der Waals surface area contributed by atoms with Crippen LogP contribution in [-0.4, -0.2) is 24.7 Å². The highest BCUT2D eigenvalue weighted by molar-refractivity contribution is 7.09. The Balaban J connectivity index is 2.14. The van der Waals surface area contributed by atoms with Crippen LogP contribution >= 0.6 is 11.3 Å². The highest BCUT2D eigenvalue weighted by atomic mass is 32.1. The van der Waals surface area contributed by atoms with Crippen LogP contribution in [0.1, 0.15) is 17.7 Å². The standard InChI is InChI=1S/C9H16N2OS/c1-12-4-2-3-8(10)5-9-6-11-7-13-9/h6-8H,2-5,10H2,1H3. The highest BCUT2D eigenvalue weighted by Crippen LogP contribution is 2.10. The van der Waals surface area contributed by atoms with Gasteiger partial charge in [-0.05, 0) is 19.3 Å². The first kappa shape index (κ1) is 10.6. The van der Waals surface area contributed by atoms with Gasteiger partial charge in [-0.2, -0.15) is 0 Å². The van der Waals surface area contributed by atoms with Crippen LogP contribution in [0.2, 0.25) is 0 Å². The van der Waals surface area contributed by atoms with Crippen molar-refractivity contribution >= 4 is 11.3 Å². The Morgan fingerprint density at radius 2 is 2.54 bits per heavy atom. The van der Waals surface area contributed by atoms with Gasteiger partial charge in [0, 0.05) is 30.8 Å². The van der Waals surface area contributed by atoms with Crippen LogP contribution in [0.5, 0.6) is 0 Å². The van der Waals surface area contributed by atoms with Crippen molar-refractivity contribution in [1.82, 2.24) is 4.98 Å². The molecule has 74 valence electrons. The molecule has 0 amide bonds. The van der Waals surface area contributed by atoms with Crippen molar-refractivity contribution in [2.75, 3.05) is 13.7 Å². The normalized spacial score (nSPS) is 13.1. The molecule has 0 saturated carbocycles. The van der Waals surface area contributed by atoms with Gasteiger partial charge in [0.05, 0.1) is 5.51 Å². The molecule has 1 atom stereocenters. The Hall–Kier alpha value is -0.450. The molecule has 1 aromatic heterocycles. The fourth-order valence-corrected chi connectivity index (χ4v) is 1.88. The summed E-state index contributed by atoms with van der Waals surface area (Å²) < 4.78 is 4.96. The third-order valence-electron chi connectivity index (χ3n) is 1.87. The highest BCUT2D eigenvalue weighted by Gasteiger charge is 2.04. The van der Waals surface area contributed by atoms with Crippen molar-refractivity contribution in [3.63, 3.8) is 0 Å².